The summed E-state index contributed by atoms with van der Waals surface area (Å²) in [5.41, 5.74) is 0.993. The standard InChI is InChI=1S/C14H20N4O2S/c1-3-13(14-16-8-9-17-14)18-10(2)11-4-6-12(7-5-11)21(15,19)20/h4-10,13,18H,3H2,1-2H3,(H,16,17)(H2,15,19,20). The van der Waals surface area contributed by atoms with Gasteiger partial charge in [-0.2, -0.15) is 0 Å². The van der Waals surface area contributed by atoms with Gasteiger partial charge in [0, 0.05) is 18.4 Å². The summed E-state index contributed by atoms with van der Waals surface area (Å²) in [4.78, 5) is 7.49. The summed E-state index contributed by atoms with van der Waals surface area (Å²) in [6.45, 7) is 4.11. The lowest BCUT2D eigenvalue weighted by molar-refractivity contribution is 0.441. The molecule has 7 heteroatoms. The Morgan fingerprint density at radius 1 is 1.33 bits per heavy atom. The van der Waals surface area contributed by atoms with Crippen molar-refractivity contribution in [3.05, 3.63) is 48.0 Å². The maximum atomic E-state index is 11.2. The van der Waals surface area contributed by atoms with E-state index in [1.165, 1.54) is 12.1 Å². The van der Waals surface area contributed by atoms with Gasteiger partial charge in [0.1, 0.15) is 5.82 Å². The molecule has 4 N–H and O–H groups in total. The molecular weight excluding hydrogens is 288 g/mol. The summed E-state index contributed by atoms with van der Waals surface area (Å²) in [6.07, 6.45) is 4.42. The lowest BCUT2D eigenvalue weighted by Crippen LogP contribution is -2.25. The van der Waals surface area contributed by atoms with Crippen molar-refractivity contribution in [3.8, 4) is 0 Å². The lowest BCUT2D eigenvalue weighted by atomic mass is 10.1. The van der Waals surface area contributed by atoms with Crippen LogP contribution in [0.15, 0.2) is 41.6 Å². The summed E-state index contributed by atoms with van der Waals surface area (Å²) in [5, 5.41) is 8.56. The Kier molecular flexibility index (Phi) is 4.76. The van der Waals surface area contributed by atoms with Gasteiger partial charge >= 0.3 is 0 Å². The number of nitrogens with zero attached hydrogens (tertiary/aromatic N) is 1. The highest BCUT2D eigenvalue weighted by Crippen LogP contribution is 2.20. The van der Waals surface area contributed by atoms with Crippen LogP contribution >= 0.6 is 0 Å². The molecule has 6 nitrogen and oxygen atoms in total. The van der Waals surface area contributed by atoms with Gasteiger partial charge in [-0.15, -0.1) is 0 Å². The lowest BCUT2D eigenvalue weighted by Gasteiger charge is -2.21. The van der Waals surface area contributed by atoms with E-state index in [4.69, 9.17) is 5.14 Å². The maximum absolute atomic E-state index is 11.2. The molecule has 2 aromatic rings. The summed E-state index contributed by atoms with van der Waals surface area (Å²) in [6, 6.07) is 6.77. The number of aromatic amines is 1. The van der Waals surface area contributed by atoms with Crippen LogP contribution in [-0.2, 0) is 10.0 Å². The molecule has 0 fully saturated rings. The van der Waals surface area contributed by atoms with Crippen molar-refractivity contribution in [1.29, 1.82) is 0 Å². The largest absolute Gasteiger partial charge is 0.347 e. The van der Waals surface area contributed by atoms with E-state index in [0.717, 1.165) is 17.8 Å². The summed E-state index contributed by atoms with van der Waals surface area (Å²) < 4.78 is 22.5. The molecule has 0 saturated heterocycles. The molecule has 2 atom stereocenters. The van der Waals surface area contributed by atoms with Crippen molar-refractivity contribution < 1.29 is 8.42 Å². The second kappa shape index (κ2) is 6.38. The molecule has 0 amide bonds. The maximum Gasteiger partial charge on any atom is 0.238 e. The zero-order valence-corrected chi connectivity index (χ0v) is 12.9. The van der Waals surface area contributed by atoms with Crippen molar-refractivity contribution in [2.24, 2.45) is 5.14 Å². The molecule has 0 radical (unpaired) electrons. The number of benzene rings is 1. The van der Waals surface area contributed by atoms with Gasteiger partial charge < -0.3 is 10.3 Å². The Morgan fingerprint density at radius 3 is 2.48 bits per heavy atom. The van der Waals surface area contributed by atoms with Crippen molar-refractivity contribution >= 4 is 10.0 Å². The molecule has 0 spiro atoms. The minimum atomic E-state index is -3.64. The van der Waals surface area contributed by atoms with Crippen LogP contribution in [0.2, 0.25) is 0 Å². The molecule has 2 rings (SSSR count). The third kappa shape index (κ3) is 3.90. The fourth-order valence-electron chi connectivity index (χ4n) is 2.20. The average molecular weight is 308 g/mol. The van der Waals surface area contributed by atoms with Gasteiger partial charge in [0.25, 0.3) is 0 Å². The number of hydrogen-bond acceptors (Lipinski definition) is 4. The Labute approximate surface area is 124 Å². The monoisotopic (exact) mass is 308 g/mol. The number of rotatable bonds is 6. The molecule has 0 aliphatic carbocycles. The average Bonchev–Trinajstić information content (AvgIpc) is 2.97. The second-order valence-corrected chi connectivity index (χ2v) is 6.50. The second-order valence-electron chi connectivity index (χ2n) is 4.94. The first-order valence-electron chi connectivity index (χ1n) is 6.80. The predicted octanol–water partition coefficient (Wildman–Crippen LogP) is 1.86. The van der Waals surface area contributed by atoms with Crippen LogP contribution in [0, 0.1) is 0 Å². The van der Waals surface area contributed by atoms with Gasteiger partial charge in [-0.3, -0.25) is 0 Å². The Bertz CT molecular complexity index is 666. The van der Waals surface area contributed by atoms with Gasteiger partial charge in [0.2, 0.25) is 10.0 Å². The highest BCUT2D eigenvalue weighted by molar-refractivity contribution is 7.89. The summed E-state index contributed by atoms with van der Waals surface area (Å²) in [5.74, 6) is 0.894. The van der Waals surface area contributed by atoms with Crippen LogP contribution in [0.4, 0.5) is 0 Å². The SMILES string of the molecule is CCC(NC(C)c1ccc(S(N)(=O)=O)cc1)c1ncc[nH]1. The van der Waals surface area contributed by atoms with E-state index in [1.807, 2.05) is 6.92 Å². The molecule has 0 aliphatic rings. The van der Waals surface area contributed by atoms with Crippen molar-refractivity contribution in [2.75, 3.05) is 0 Å². The summed E-state index contributed by atoms with van der Waals surface area (Å²) in [7, 11) is -3.64. The zero-order valence-electron chi connectivity index (χ0n) is 12.1. The highest BCUT2D eigenvalue weighted by Gasteiger charge is 2.16. The van der Waals surface area contributed by atoms with Crippen LogP contribution in [0.3, 0.4) is 0 Å². The molecule has 114 valence electrons. The normalized spacial score (nSPS) is 14.8. The van der Waals surface area contributed by atoms with Gasteiger partial charge in [-0.1, -0.05) is 19.1 Å². The first kappa shape index (κ1) is 15.7. The van der Waals surface area contributed by atoms with E-state index in [2.05, 4.69) is 22.2 Å². The number of hydrogen-bond donors (Lipinski definition) is 3. The third-order valence-electron chi connectivity index (χ3n) is 3.42. The van der Waals surface area contributed by atoms with Crippen molar-refractivity contribution in [1.82, 2.24) is 15.3 Å². The van der Waals surface area contributed by atoms with Crippen LogP contribution < -0.4 is 10.5 Å². The van der Waals surface area contributed by atoms with E-state index in [1.54, 1.807) is 24.5 Å². The Balaban J connectivity index is 2.11. The molecular formula is C14H20N4O2S. The van der Waals surface area contributed by atoms with E-state index >= 15 is 0 Å². The number of imidazole rings is 1. The van der Waals surface area contributed by atoms with Gasteiger partial charge in [-0.05, 0) is 31.0 Å². The van der Waals surface area contributed by atoms with Crippen LogP contribution in [0.25, 0.3) is 0 Å². The molecule has 1 aromatic heterocycles. The number of sulfonamides is 1. The third-order valence-corrected chi connectivity index (χ3v) is 4.35. The van der Waals surface area contributed by atoms with E-state index in [-0.39, 0.29) is 17.0 Å². The minimum absolute atomic E-state index is 0.0644. The van der Waals surface area contributed by atoms with Gasteiger partial charge in [0.05, 0.1) is 10.9 Å². The number of aromatic nitrogens is 2. The first-order chi connectivity index (χ1) is 9.91. The fraction of sp³-hybridized carbons (Fsp3) is 0.357. The van der Waals surface area contributed by atoms with Crippen LogP contribution in [0.1, 0.15) is 43.7 Å². The van der Waals surface area contributed by atoms with Crippen molar-refractivity contribution in [2.45, 2.75) is 37.2 Å². The Morgan fingerprint density at radius 2 is 2.00 bits per heavy atom. The zero-order chi connectivity index (χ0) is 15.5. The molecule has 0 saturated carbocycles. The Hall–Kier alpha value is -1.70. The fourth-order valence-corrected chi connectivity index (χ4v) is 2.72. The van der Waals surface area contributed by atoms with E-state index in [9.17, 15) is 8.42 Å². The van der Waals surface area contributed by atoms with E-state index in [0.29, 0.717) is 0 Å². The van der Waals surface area contributed by atoms with Crippen molar-refractivity contribution in [3.63, 3.8) is 0 Å². The number of H-pyrrole nitrogens is 1. The number of nitrogens with two attached hydrogens (primary N) is 1. The minimum Gasteiger partial charge on any atom is -0.347 e. The molecule has 2 unspecified atom stereocenters. The van der Waals surface area contributed by atoms with Crippen LogP contribution in [-0.4, -0.2) is 18.4 Å². The predicted molar refractivity (Wildman–Crippen MR) is 81.0 cm³/mol. The van der Waals surface area contributed by atoms with Gasteiger partial charge in [-0.25, -0.2) is 18.5 Å². The molecule has 0 aliphatic heterocycles. The number of nitrogens with one attached hydrogen (secondary N) is 2. The van der Waals surface area contributed by atoms with E-state index < -0.39 is 10.0 Å². The van der Waals surface area contributed by atoms with Crippen LogP contribution in [0.5, 0.6) is 0 Å². The van der Waals surface area contributed by atoms with Gasteiger partial charge in [0.15, 0.2) is 0 Å². The summed E-state index contributed by atoms with van der Waals surface area (Å²) >= 11 is 0. The topological polar surface area (TPSA) is 101 Å². The highest BCUT2D eigenvalue weighted by atomic mass is 32.2. The smallest absolute Gasteiger partial charge is 0.238 e. The number of primary sulfonamides is 1. The molecule has 0 bridgehead atoms. The molecule has 1 heterocycles. The quantitative estimate of drug-likeness (QED) is 0.758. The molecule has 1 aromatic carbocycles. The molecule has 21 heavy (non-hydrogen) atoms. The first-order valence-corrected chi connectivity index (χ1v) is 8.34.